The molecule has 1 amide bonds. The average Bonchev–Trinajstić information content (AvgIpc) is 2.88. The number of carbonyl (C=O) groups is 1. The molecule has 0 aliphatic carbocycles. The highest BCUT2D eigenvalue weighted by Gasteiger charge is 2.33. The molecule has 0 aliphatic heterocycles. The Bertz CT molecular complexity index is 1200. The van der Waals surface area contributed by atoms with E-state index in [0.29, 0.717) is 22.4 Å². The first-order valence-electron chi connectivity index (χ1n) is 11.0. The van der Waals surface area contributed by atoms with Crippen LogP contribution in [0.4, 0.5) is 0 Å². The van der Waals surface area contributed by atoms with E-state index in [4.69, 9.17) is 5.11 Å². The van der Waals surface area contributed by atoms with Gasteiger partial charge in [-0.1, -0.05) is 60.7 Å². The third kappa shape index (κ3) is 5.64. The van der Waals surface area contributed by atoms with Crippen LogP contribution in [-0.4, -0.2) is 90.7 Å². The molecular weight excluding hydrogens is 454 g/mol. The molecule has 4 atom stereocenters. The van der Waals surface area contributed by atoms with E-state index in [9.17, 15) is 30.0 Å². The number of hydrogen-bond donors (Lipinski definition) is 5. The fourth-order valence-corrected chi connectivity index (χ4v) is 3.74. The lowest BCUT2D eigenvalue weighted by Crippen LogP contribution is -2.50. The Morgan fingerprint density at radius 3 is 1.97 bits per heavy atom. The first-order valence-corrected chi connectivity index (χ1v) is 11.0. The molecule has 0 aliphatic rings. The summed E-state index contributed by atoms with van der Waals surface area (Å²) >= 11 is 0. The molecule has 1 aromatic heterocycles. The van der Waals surface area contributed by atoms with Gasteiger partial charge in [-0.05, 0) is 5.56 Å². The second-order valence-corrected chi connectivity index (χ2v) is 8.24. The molecule has 186 valence electrons. The number of rotatable bonds is 9. The Balaban J connectivity index is 2.07. The first kappa shape index (κ1) is 26.2. The zero-order chi connectivity index (χ0) is 25.7. The van der Waals surface area contributed by atoms with Crippen LogP contribution in [0.5, 0.6) is 0 Å². The van der Waals surface area contributed by atoms with E-state index < -0.39 is 49.0 Å². The van der Waals surface area contributed by atoms with Crippen LogP contribution in [0.1, 0.15) is 10.4 Å². The van der Waals surface area contributed by atoms with Gasteiger partial charge in [0.25, 0.3) is 11.5 Å². The van der Waals surface area contributed by atoms with E-state index in [1.54, 1.807) is 30.3 Å². The van der Waals surface area contributed by atoms with Gasteiger partial charge in [-0.25, -0.2) is 4.68 Å². The lowest BCUT2D eigenvalue weighted by molar-refractivity contribution is -0.117. The summed E-state index contributed by atoms with van der Waals surface area (Å²) < 4.78 is 1.07. The minimum absolute atomic E-state index is 0.173. The maximum absolute atomic E-state index is 13.6. The molecule has 5 N–H and O–H groups in total. The van der Waals surface area contributed by atoms with Gasteiger partial charge >= 0.3 is 0 Å². The van der Waals surface area contributed by atoms with E-state index in [1.165, 1.54) is 14.1 Å². The Labute approximate surface area is 202 Å². The van der Waals surface area contributed by atoms with E-state index in [1.807, 2.05) is 30.3 Å². The summed E-state index contributed by atoms with van der Waals surface area (Å²) in [7, 11) is 2.77. The van der Waals surface area contributed by atoms with Crippen molar-refractivity contribution in [2.75, 3.05) is 20.2 Å². The molecule has 3 rings (SSSR count). The average molecular weight is 484 g/mol. The number of aromatic nitrogens is 2. The number of benzene rings is 2. The Morgan fingerprint density at radius 2 is 1.43 bits per heavy atom. The van der Waals surface area contributed by atoms with Crippen molar-refractivity contribution >= 4 is 5.91 Å². The van der Waals surface area contributed by atoms with Gasteiger partial charge in [-0.15, -0.1) is 0 Å². The smallest absolute Gasteiger partial charge is 0.280 e. The van der Waals surface area contributed by atoms with Gasteiger partial charge in [0, 0.05) is 31.8 Å². The van der Waals surface area contributed by atoms with E-state index in [0.717, 1.165) is 9.58 Å². The molecule has 2 aromatic carbocycles. The van der Waals surface area contributed by atoms with Crippen LogP contribution in [0, 0.1) is 0 Å². The first-order chi connectivity index (χ1) is 16.7. The van der Waals surface area contributed by atoms with Crippen LogP contribution < -0.4 is 5.56 Å². The number of hydrogen-bond acceptors (Lipinski definition) is 8. The van der Waals surface area contributed by atoms with Gasteiger partial charge in [0.2, 0.25) is 0 Å². The predicted molar refractivity (Wildman–Crippen MR) is 128 cm³/mol. The molecule has 0 bridgehead atoms. The zero-order valence-electron chi connectivity index (χ0n) is 19.4. The SMILES string of the molecule is CN(CC(O)C(O)C(O)C(O)CO)C(=O)c1c(-c2ccccc2)c(-c2ccccc2)nn(C)c1=O. The van der Waals surface area contributed by atoms with Crippen LogP contribution in [0.3, 0.4) is 0 Å². The number of amides is 1. The van der Waals surface area contributed by atoms with Gasteiger partial charge in [-0.3, -0.25) is 9.59 Å². The number of aliphatic hydroxyl groups excluding tert-OH is 5. The minimum Gasteiger partial charge on any atom is -0.394 e. The van der Waals surface area contributed by atoms with Gasteiger partial charge in [0.05, 0.1) is 12.3 Å². The molecule has 4 unspecified atom stereocenters. The molecule has 35 heavy (non-hydrogen) atoms. The number of nitrogens with zero attached hydrogens (tertiary/aromatic N) is 3. The molecule has 0 spiro atoms. The molecule has 3 aromatic rings. The summed E-state index contributed by atoms with van der Waals surface area (Å²) in [5, 5.41) is 53.3. The Kier molecular flexibility index (Phi) is 8.49. The molecule has 0 saturated carbocycles. The van der Waals surface area contributed by atoms with Crippen LogP contribution in [0.15, 0.2) is 65.5 Å². The minimum atomic E-state index is -1.85. The third-order valence-electron chi connectivity index (χ3n) is 5.70. The van der Waals surface area contributed by atoms with E-state index in [-0.39, 0.29) is 5.56 Å². The Morgan fingerprint density at radius 1 is 0.914 bits per heavy atom. The second kappa shape index (κ2) is 11.3. The molecule has 0 saturated heterocycles. The largest absolute Gasteiger partial charge is 0.394 e. The van der Waals surface area contributed by atoms with Crippen molar-refractivity contribution < 1.29 is 30.3 Å². The van der Waals surface area contributed by atoms with Gasteiger partial charge in [-0.2, -0.15) is 5.10 Å². The highest BCUT2D eigenvalue weighted by Crippen LogP contribution is 2.32. The molecule has 10 heteroatoms. The molecule has 0 fully saturated rings. The van der Waals surface area contributed by atoms with Gasteiger partial charge < -0.3 is 30.4 Å². The normalized spacial score (nSPS) is 14.7. The van der Waals surface area contributed by atoms with Crippen molar-refractivity contribution in [3.63, 3.8) is 0 Å². The summed E-state index contributed by atoms with van der Waals surface area (Å²) in [6, 6.07) is 17.9. The van der Waals surface area contributed by atoms with Crippen LogP contribution in [0.25, 0.3) is 22.4 Å². The topological polar surface area (TPSA) is 156 Å². The van der Waals surface area contributed by atoms with Crippen molar-refractivity contribution in [2.24, 2.45) is 7.05 Å². The fraction of sp³-hybridized carbons (Fsp3) is 0.320. The van der Waals surface area contributed by atoms with Crippen LogP contribution in [0.2, 0.25) is 0 Å². The molecule has 10 nitrogen and oxygen atoms in total. The molecule has 1 heterocycles. The lowest BCUT2D eigenvalue weighted by atomic mass is 9.94. The number of aryl methyl sites for hydroxylation is 1. The second-order valence-electron chi connectivity index (χ2n) is 8.24. The number of carbonyl (C=O) groups excluding carboxylic acids is 1. The zero-order valence-corrected chi connectivity index (χ0v) is 19.4. The summed E-state index contributed by atoms with van der Waals surface area (Å²) in [4.78, 5) is 27.8. The van der Waals surface area contributed by atoms with E-state index in [2.05, 4.69) is 5.10 Å². The number of likely N-dealkylation sites (N-methyl/N-ethyl adjacent to an activating group) is 1. The highest BCUT2D eigenvalue weighted by molar-refractivity contribution is 6.03. The summed E-state index contributed by atoms with van der Waals surface area (Å²) in [5.41, 5.74) is 1.20. The third-order valence-corrected chi connectivity index (χ3v) is 5.70. The monoisotopic (exact) mass is 483 g/mol. The highest BCUT2D eigenvalue weighted by atomic mass is 16.4. The predicted octanol–water partition coefficient (Wildman–Crippen LogP) is -0.378. The van der Waals surface area contributed by atoms with Gasteiger partial charge in [0.15, 0.2) is 0 Å². The van der Waals surface area contributed by atoms with Crippen LogP contribution >= 0.6 is 0 Å². The number of aliphatic hydroxyl groups is 5. The van der Waals surface area contributed by atoms with E-state index >= 15 is 0 Å². The van der Waals surface area contributed by atoms with Crippen LogP contribution in [-0.2, 0) is 7.05 Å². The standard InChI is InChI=1S/C25H29N3O7/c1-27(13-17(30)22(32)23(33)18(31)14-29)24(34)20-19(15-9-5-3-6-10-15)21(26-28(2)25(20)35)16-11-7-4-8-12-16/h3-12,17-18,22-23,29-33H,13-14H2,1-2H3. The van der Waals surface area contributed by atoms with Gasteiger partial charge in [0.1, 0.15) is 30.0 Å². The molecule has 0 radical (unpaired) electrons. The summed E-state index contributed by atoms with van der Waals surface area (Å²) in [6.45, 7) is -1.29. The maximum Gasteiger partial charge on any atom is 0.280 e. The maximum atomic E-state index is 13.6. The quantitative estimate of drug-likeness (QED) is 0.276. The van der Waals surface area contributed by atoms with Crippen molar-refractivity contribution in [1.82, 2.24) is 14.7 Å². The summed E-state index contributed by atoms with van der Waals surface area (Å²) in [5.74, 6) is -0.729. The van der Waals surface area contributed by atoms with Crippen molar-refractivity contribution in [1.29, 1.82) is 0 Å². The fourth-order valence-electron chi connectivity index (χ4n) is 3.74. The Hall–Kier alpha value is -3.41. The summed E-state index contributed by atoms with van der Waals surface area (Å²) in [6.07, 6.45) is -7.02. The molecular formula is C25H29N3O7. The lowest BCUT2D eigenvalue weighted by Gasteiger charge is -2.29. The van der Waals surface area contributed by atoms with Crippen molar-refractivity contribution in [3.8, 4) is 22.4 Å². The van der Waals surface area contributed by atoms with Crippen molar-refractivity contribution in [2.45, 2.75) is 24.4 Å². The van der Waals surface area contributed by atoms with Crippen molar-refractivity contribution in [3.05, 3.63) is 76.6 Å².